The van der Waals surface area contributed by atoms with Crippen molar-refractivity contribution in [3.05, 3.63) is 59.7 Å². The average molecular weight is 557 g/mol. The minimum Gasteiger partial charge on any atom is -0.378 e. The van der Waals surface area contributed by atoms with Gasteiger partial charge in [-0.3, -0.25) is 4.99 Å². The number of halogens is 3. The van der Waals surface area contributed by atoms with Gasteiger partial charge in [0, 0.05) is 57.6 Å². The molecule has 0 radical (unpaired) electrons. The number of anilines is 2. The Hall–Kier alpha value is -2.14. The van der Waals surface area contributed by atoms with Crippen molar-refractivity contribution < 1.29 is 13.5 Å². The average Bonchev–Trinajstić information content (AvgIpc) is 3.25. The second-order valence-corrected chi connectivity index (χ2v) is 7.83. The Kier molecular flexibility index (Phi) is 8.92. The predicted molar refractivity (Wildman–Crippen MR) is 135 cm³/mol. The van der Waals surface area contributed by atoms with Crippen molar-refractivity contribution in [2.75, 3.05) is 56.2 Å². The Balaban J connectivity index is 0.00000289. The highest BCUT2D eigenvalue weighted by Gasteiger charge is 2.25. The molecule has 2 N–H and O–H groups in total. The Bertz CT molecular complexity index is 923. The van der Waals surface area contributed by atoms with E-state index in [-0.39, 0.29) is 30.0 Å². The Morgan fingerprint density at radius 2 is 1.84 bits per heavy atom. The van der Waals surface area contributed by atoms with Gasteiger partial charge in [0.15, 0.2) is 5.96 Å². The molecule has 6 nitrogen and oxygen atoms in total. The van der Waals surface area contributed by atoms with Gasteiger partial charge in [-0.2, -0.15) is 0 Å². The summed E-state index contributed by atoms with van der Waals surface area (Å²) in [6, 6.07) is 12.2. The fraction of sp³-hybridized carbons (Fsp3) is 0.435. The molecule has 2 aromatic rings. The van der Waals surface area contributed by atoms with Gasteiger partial charge in [-0.1, -0.05) is 18.2 Å². The summed E-state index contributed by atoms with van der Waals surface area (Å²) in [6.45, 7) is 5.26. The maximum absolute atomic E-state index is 14.1. The molecule has 2 aliphatic heterocycles. The summed E-state index contributed by atoms with van der Waals surface area (Å²) in [5.41, 5.74) is 2.86. The van der Waals surface area contributed by atoms with Gasteiger partial charge in [0.2, 0.25) is 0 Å². The third-order valence-corrected chi connectivity index (χ3v) is 5.79. The summed E-state index contributed by atoms with van der Waals surface area (Å²) in [4.78, 5) is 8.64. The fourth-order valence-electron chi connectivity index (χ4n) is 4.17. The smallest absolute Gasteiger partial charge is 0.191 e. The number of benzene rings is 2. The number of ether oxygens (including phenoxy) is 1. The Morgan fingerprint density at radius 3 is 2.59 bits per heavy atom. The highest BCUT2D eigenvalue weighted by atomic mass is 127. The first-order valence-electron chi connectivity index (χ1n) is 10.7. The molecule has 9 heteroatoms. The summed E-state index contributed by atoms with van der Waals surface area (Å²) in [7, 11) is 1.75. The van der Waals surface area contributed by atoms with Crippen molar-refractivity contribution >= 4 is 41.3 Å². The van der Waals surface area contributed by atoms with Crippen LogP contribution in [0.5, 0.6) is 0 Å². The van der Waals surface area contributed by atoms with Gasteiger partial charge in [0.1, 0.15) is 11.6 Å². The standard InChI is InChI=1S/C23H29F2N5O.HI/c1-26-23(27-15-17-4-2-3-5-21(17)29-10-12-31-13-11-29)28-19-8-9-30(16-19)22-7-6-18(24)14-20(22)25;/h2-7,14,19H,8-13,15-16H2,1H3,(H2,26,27,28);1H. The van der Waals surface area contributed by atoms with Crippen LogP contribution < -0.4 is 20.4 Å². The number of nitrogens with one attached hydrogen (secondary N) is 2. The van der Waals surface area contributed by atoms with Crippen LogP contribution >= 0.6 is 24.0 Å². The first-order chi connectivity index (χ1) is 15.1. The van der Waals surface area contributed by atoms with E-state index in [2.05, 4.69) is 38.7 Å². The lowest BCUT2D eigenvalue weighted by Gasteiger charge is -2.30. The van der Waals surface area contributed by atoms with Crippen molar-refractivity contribution in [2.24, 2.45) is 4.99 Å². The highest BCUT2D eigenvalue weighted by molar-refractivity contribution is 14.0. The van der Waals surface area contributed by atoms with Crippen LogP contribution in [0.25, 0.3) is 0 Å². The van der Waals surface area contributed by atoms with Gasteiger partial charge in [-0.25, -0.2) is 8.78 Å². The topological polar surface area (TPSA) is 52.1 Å². The summed E-state index contributed by atoms with van der Waals surface area (Å²) >= 11 is 0. The van der Waals surface area contributed by atoms with Gasteiger partial charge < -0.3 is 25.2 Å². The molecule has 2 heterocycles. The molecule has 2 aliphatic rings. The third-order valence-electron chi connectivity index (χ3n) is 5.79. The lowest BCUT2D eigenvalue weighted by Crippen LogP contribution is -2.44. The molecule has 2 aromatic carbocycles. The van der Waals surface area contributed by atoms with Crippen LogP contribution in [0.15, 0.2) is 47.5 Å². The molecule has 0 aromatic heterocycles. The Morgan fingerprint density at radius 1 is 1.06 bits per heavy atom. The largest absolute Gasteiger partial charge is 0.378 e. The van der Waals surface area contributed by atoms with E-state index in [1.807, 2.05) is 11.0 Å². The number of morpholine rings is 1. The van der Waals surface area contributed by atoms with E-state index < -0.39 is 11.6 Å². The van der Waals surface area contributed by atoms with Crippen LogP contribution in [0.1, 0.15) is 12.0 Å². The molecule has 4 rings (SSSR count). The highest BCUT2D eigenvalue weighted by Crippen LogP contribution is 2.24. The molecular formula is C23H30F2IN5O. The van der Waals surface area contributed by atoms with Gasteiger partial charge >= 0.3 is 0 Å². The van der Waals surface area contributed by atoms with Gasteiger partial charge in [0.05, 0.1) is 18.9 Å². The number of hydrogen-bond donors (Lipinski definition) is 2. The van der Waals surface area contributed by atoms with Gasteiger partial charge in [0.25, 0.3) is 0 Å². The number of hydrogen-bond acceptors (Lipinski definition) is 4. The zero-order valence-electron chi connectivity index (χ0n) is 18.2. The molecule has 0 amide bonds. The van der Waals surface area contributed by atoms with Crippen molar-refractivity contribution in [1.82, 2.24) is 10.6 Å². The molecule has 1 unspecified atom stereocenters. The zero-order chi connectivity index (χ0) is 21.6. The molecule has 0 spiro atoms. The summed E-state index contributed by atoms with van der Waals surface area (Å²) in [5.74, 6) is -0.372. The third kappa shape index (κ3) is 6.00. The number of rotatable bonds is 5. The molecule has 0 bridgehead atoms. The summed E-state index contributed by atoms with van der Waals surface area (Å²) < 4.78 is 32.8. The quantitative estimate of drug-likeness (QED) is 0.336. The summed E-state index contributed by atoms with van der Waals surface area (Å²) in [5, 5.41) is 6.84. The van der Waals surface area contributed by atoms with Crippen LogP contribution in [0.2, 0.25) is 0 Å². The van der Waals surface area contributed by atoms with Crippen molar-refractivity contribution in [3.8, 4) is 0 Å². The molecule has 2 saturated heterocycles. The van der Waals surface area contributed by atoms with Crippen LogP contribution in [-0.2, 0) is 11.3 Å². The molecule has 174 valence electrons. The van der Waals surface area contributed by atoms with Crippen LogP contribution in [0, 0.1) is 11.6 Å². The maximum atomic E-state index is 14.1. The molecule has 1 atom stereocenters. The van der Waals surface area contributed by atoms with E-state index in [1.54, 1.807) is 7.05 Å². The second kappa shape index (κ2) is 11.6. The number of para-hydroxylation sites is 1. The first-order valence-corrected chi connectivity index (χ1v) is 10.7. The van der Waals surface area contributed by atoms with Crippen LogP contribution in [0.4, 0.5) is 20.2 Å². The monoisotopic (exact) mass is 557 g/mol. The SMILES string of the molecule is CN=C(NCc1ccccc1N1CCOCC1)NC1CCN(c2ccc(F)cc2F)C1.I. The van der Waals surface area contributed by atoms with Gasteiger partial charge in [-0.15, -0.1) is 24.0 Å². The lowest BCUT2D eigenvalue weighted by molar-refractivity contribution is 0.122. The zero-order valence-corrected chi connectivity index (χ0v) is 20.5. The number of aliphatic imine (C=N–C) groups is 1. The summed E-state index contributed by atoms with van der Waals surface area (Å²) in [6.07, 6.45) is 0.849. The first kappa shape index (κ1) is 24.5. The van der Waals surface area contributed by atoms with Crippen molar-refractivity contribution in [2.45, 2.75) is 19.0 Å². The van der Waals surface area contributed by atoms with E-state index in [0.29, 0.717) is 31.3 Å². The normalized spacial score (nSPS) is 19.0. The maximum Gasteiger partial charge on any atom is 0.191 e. The molecule has 0 saturated carbocycles. The lowest BCUT2D eigenvalue weighted by atomic mass is 10.1. The van der Waals surface area contributed by atoms with E-state index in [1.165, 1.54) is 23.4 Å². The van der Waals surface area contributed by atoms with Crippen LogP contribution in [0.3, 0.4) is 0 Å². The minimum absolute atomic E-state index is 0. The molecule has 32 heavy (non-hydrogen) atoms. The van der Waals surface area contributed by atoms with E-state index in [9.17, 15) is 8.78 Å². The van der Waals surface area contributed by atoms with E-state index in [4.69, 9.17) is 4.74 Å². The number of guanidine groups is 1. The van der Waals surface area contributed by atoms with Crippen LogP contribution in [-0.4, -0.2) is 58.4 Å². The number of nitrogens with zero attached hydrogens (tertiary/aromatic N) is 3. The predicted octanol–water partition coefficient (Wildman–Crippen LogP) is 3.36. The van der Waals surface area contributed by atoms with Crippen molar-refractivity contribution in [1.29, 1.82) is 0 Å². The second-order valence-electron chi connectivity index (χ2n) is 7.83. The molecular weight excluding hydrogens is 527 g/mol. The van der Waals surface area contributed by atoms with E-state index >= 15 is 0 Å². The van der Waals surface area contributed by atoms with Gasteiger partial charge in [-0.05, 0) is 30.2 Å². The molecule has 2 fully saturated rings. The van der Waals surface area contributed by atoms with E-state index in [0.717, 1.165) is 38.8 Å². The Labute approximate surface area is 205 Å². The molecule has 0 aliphatic carbocycles. The minimum atomic E-state index is -0.558. The van der Waals surface area contributed by atoms with Crippen molar-refractivity contribution in [3.63, 3.8) is 0 Å². The fourth-order valence-corrected chi connectivity index (χ4v) is 4.17.